The number of likely N-dealkylation sites (N-methyl/N-ethyl adjacent to an activating group) is 1. The fourth-order valence-corrected chi connectivity index (χ4v) is 1.89. The molecule has 2 unspecified atom stereocenters. The van der Waals surface area contributed by atoms with E-state index in [-0.39, 0.29) is 11.9 Å². The zero-order valence-electron chi connectivity index (χ0n) is 8.90. The van der Waals surface area contributed by atoms with Gasteiger partial charge in [-0.2, -0.15) is 0 Å². The van der Waals surface area contributed by atoms with Crippen LogP contribution in [0.2, 0.25) is 0 Å². The van der Waals surface area contributed by atoms with Gasteiger partial charge in [0, 0.05) is 25.0 Å². The van der Waals surface area contributed by atoms with E-state index in [9.17, 15) is 0 Å². The molecule has 4 N–H and O–H groups in total. The Morgan fingerprint density at radius 3 is 3.00 bits per heavy atom. The van der Waals surface area contributed by atoms with Crippen LogP contribution in [0, 0.1) is 0 Å². The highest BCUT2D eigenvalue weighted by Crippen LogP contribution is 2.07. The quantitative estimate of drug-likeness (QED) is 0.254. The van der Waals surface area contributed by atoms with Gasteiger partial charge < -0.3 is 21.2 Å². The van der Waals surface area contributed by atoms with Gasteiger partial charge in [-0.3, -0.25) is 0 Å². The first-order chi connectivity index (χ1) is 6.61. The van der Waals surface area contributed by atoms with Gasteiger partial charge >= 0.3 is 0 Å². The van der Waals surface area contributed by atoms with Gasteiger partial charge in [0.2, 0.25) is 0 Å². The molecule has 0 aromatic carbocycles. The number of hydrogen-bond acceptors (Lipinski definition) is 4. The van der Waals surface area contributed by atoms with Gasteiger partial charge in [0.15, 0.2) is 0 Å². The normalized spacial score (nSPS) is 26.7. The van der Waals surface area contributed by atoms with Crippen molar-refractivity contribution in [2.75, 3.05) is 20.1 Å². The third-order valence-corrected chi connectivity index (χ3v) is 2.56. The van der Waals surface area contributed by atoms with Crippen LogP contribution in [0.15, 0.2) is 5.16 Å². The van der Waals surface area contributed by atoms with Crippen LogP contribution in [0.1, 0.15) is 19.8 Å². The van der Waals surface area contributed by atoms with E-state index < -0.39 is 0 Å². The number of nitrogens with two attached hydrogens (primary N) is 1. The Kier molecular flexibility index (Phi) is 4.16. The first-order valence-electron chi connectivity index (χ1n) is 5.02. The number of nitrogens with one attached hydrogen (secondary N) is 1. The standard InChI is InChI=1S/C9H20N4O/c1-7(5-9(10)12-14)11-8-3-4-13(2)6-8/h7-8,11,14H,3-6H2,1-2H3,(H2,10,12). The van der Waals surface area contributed by atoms with Crippen molar-refractivity contribution in [3.05, 3.63) is 0 Å². The van der Waals surface area contributed by atoms with Gasteiger partial charge in [-0.1, -0.05) is 5.16 Å². The molecule has 5 nitrogen and oxygen atoms in total. The summed E-state index contributed by atoms with van der Waals surface area (Å²) in [7, 11) is 2.12. The third kappa shape index (κ3) is 3.51. The molecule has 0 aromatic rings. The average Bonchev–Trinajstić information content (AvgIpc) is 2.50. The highest BCUT2D eigenvalue weighted by molar-refractivity contribution is 5.80. The van der Waals surface area contributed by atoms with Gasteiger partial charge in [0.25, 0.3) is 0 Å². The highest BCUT2D eigenvalue weighted by Gasteiger charge is 2.20. The van der Waals surface area contributed by atoms with Crippen molar-refractivity contribution in [3.63, 3.8) is 0 Å². The molecule has 0 bridgehead atoms. The molecule has 1 fully saturated rings. The van der Waals surface area contributed by atoms with E-state index in [1.165, 1.54) is 6.42 Å². The van der Waals surface area contributed by atoms with Crippen molar-refractivity contribution in [2.45, 2.75) is 31.8 Å². The monoisotopic (exact) mass is 200 g/mol. The number of oxime groups is 1. The van der Waals surface area contributed by atoms with E-state index in [1.54, 1.807) is 0 Å². The van der Waals surface area contributed by atoms with Gasteiger partial charge in [-0.05, 0) is 26.9 Å². The lowest BCUT2D eigenvalue weighted by Gasteiger charge is -2.18. The van der Waals surface area contributed by atoms with Crippen molar-refractivity contribution in [3.8, 4) is 0 Å². The van der Waals surface area contributed by atoms with Crippen LogP contribution < -0.4 is 11.1 Å². The smallest absolute Gasteiger partial charge is 0.140 e. The molecule has 0 aromatic heterocycles. The molecule has 1 aliphatic heterocycles. The van der Waals surface area contributed by atoms with Crippen molar-refractivity contribution >= 4 is 5.84 Å². The predicted molar refractivity (Wildman–Crippen MR) is 56.5 cm³/mol. The molecule has 0 saturated carbocycles. The van der Waals surface area contributed by atoms with Crippen LogP contribution in [0.25, 0.3) is 0 Å². The van der Waals surface area contributed by atoms with E-state index in [2.05, 4.69) is 29.3 Å². The fourth-order valence-electron chi connectivity index (χ4n) is 1.89. The molecule has 0 radical (unpaired) electrons. The number of amidine groups is 1. The molecule has 14 heavy (non-hydrogen) atoms. The van der Waals surface area contributed by atoms with Crippen molar-refractivity contribution < 1.29 is 5.21 Å². The average molecular weight is 200 g/mol. The molecule has 2 atom stereocenters. The minimum Gasteiger partial charge on any atom is -0.409 e. The minimum atomic E-state index is 0.266. The molecule has 0 amide bonds. The van der Waals surface area contributed by atoms with Crippen LogP contribution in [0.5, 0.6) is 0 Å². The first-order valence-corrected chi connectivity index (χ1v) is 5.02. The molecular weight excluding hydrogens is 180 g/mol. The summed E-state index contributed by atoms with van der Waals surface area (Å²) in [4.78, 5) is 2.30. The lowest BCUT2D eigenvalue weighted by molar-refractivity contribution is 0.315. The summed E-state index contributed by atoms with van der Waals surface area (Å²) in [6, 6.07) is 0.809. The fraction of sp³-hybridized carbons (Fsp3) is 0.889. The van der Waals surface area contributed by atoms with Gasteiger partial charge in [-0.25, -0.2) is 0 Å². The topological polar surface area (TPSA) is 73.9 Å². The Morgan fingerprint density at radius 2 is 2.50 bits per heavy atom. The summed E-state index contributed by atoms with van der Waals surface area (Å²) in [5.74, 6) is 0.288. The highest BCUT2D eigenvalue weighted by atomic mass is 16.4. The van der Waals surface area contributed by atoms with Crippen LogP contribution in [-0.2, 0) is 0 Å². The van der Waals surface area contributed by atoms with Crippen LogP contribution in [-0.4, -0.2) is 48.2 Å². The minimum absolute atomic E-state index is 0.266. The maximum Gasteiger partial charge on any atom is 0.140 e. The lowest BCUT2D eigenvalue weighted by Crippen LogP contribution is -2.40. The second-order valence-corrected chi connectivity index (χ2v) is 4.11. The molecule has 1 saturated heterocycles. The van der Waals surface area contributed by atoms with Crippen molar-refractivity contribution in [1.29, 1.82) is 0 Å². The SMILES string of the molecule is CC(CC(N)=NO)NC1CCN(C)C1. The van der Waals surface area contributed by atoms with Crippen LogP contribution >= 0.6 is 0 Å². The Balaban J connectivity index is 2.23. The molecule has 5 heteroatoms. The Bertz CT molecular complexity index is 207. The van der Waals surface area contributed by atoms with E-state index in [0.717, 1.165) is 13.1 Å². The number of nitrogens with zero attached hydrogens (tertiary/aromatic N) is 2. The lowest BCUT2D eigenvalue weighted by atomic mass is 10.1. The van der Waals surface area contributed by atoms with Gasteiger partial charge in [0.05, 0.1) is 0 Å². The second kappa shape index (κ2) is 5.17. The van der Waals surface area contributed by atoms with E-state index in [4.69, 9.17) is 10.9 Å². The van der Waals surface area contributed by atoms with Crippen molar-refractivity contribution in [1.82, 2.24) is 10.2 Å². The Hall–Kier alpha value is -0.810. The van der Waals surface area contributed by atoms with E-state index >= 15 is 0 Å². The number of rotatable bonds is 4. The Morgan fingerprint density at radius 1 is 1.79 bits per heavy atom. The van der Waals surface area contributed by atoms with Crippen LogP contribution in [0.3, 0.4) is 0 Å². The maximum absolute atomic E-state index is 8.41. The number of likely N-dealkylation sites (tertiary alicyclic amines) is 1. The van der Waals surface area contributed by atoms with Gasteiger partial charge in [0.1, 0.15) is 5.84 Å². The van der Waals surface area contributed by atoms with E-state index in [1.807, 2.05) is 0 Å². The van der Waals surface area contributed by atoms with E-state index in [0.29, 0.717) is 12.5 Å². The summed E-state index contributed by atoms with van der Waals surface area (Å²) in [6.07, 6.45) is 1.77. The molecule has 0 aliphatic carbocycles. The molecular formula is C9H20N4O. The number of hydrogen-bond donors (Lipinski definition) is 3. The Labute approximate surface area is 84.9 Å². The third-order valence-electron chi connectivity index (χ3n) is 2.56. The van der Waals surface area contributed by atoms with Crippen LogP contribution in [0.4, 0.5) is 0 Å². The first kappa shape index (κ1) is 11.3. The zero-order chi connectivity index (χ0) is 10.6. The maximum atomic E-state index is 8.41. The van der Waals surface area contributed by atoms with Crippen molar-refractivity contribution in [2.24, 2.45) is 10.9 Å². The largest absolute Gasteiger partial charge is 0.409 e. The second-order valence-electron chi connectivity index (χ2n) is 4.11. The summed E-state index contributed by atoms with van der Waals surface area (Å²) in [5.41, 5.74) is 5.43. The molecule has 1 rings (SSSR count). The molecule has 1 heterocycles. The molecule has 0 spiro atoms. The summed E-state index contributed by atoms with van der Waals surface area (Å²) < 4.78 is 0. The van der Waals surface area contributed by atoms with Gasteiger partial charge in [-0.15, -0.1) is 0 Å². The summed E-state index contributed by atoms with van der Waals surface area (Å²) in [6.45, 7) is 4.28. The predicted octanol–water partition coefficient (Wildman–Crippen LogP) is -0.195. The summed E-state index contributed by atoms with van der Waals surface area (Å²) >= 11 is 0. The summed E-state index contributed by atoms with van der Waals surface area (Å²) in [5, 5.41) is 14.8. The molecule has 82 valence electrons. The zero-order valence-corrected chi connectivity index (χ0v) is 8.90. The molecule has 1 aliphatic rings.